The summed E-state index contributed by atoms with van der Waals surface area (Å²) in [5, 5.41) is 15.3. The highest BCUT2D eigenvalue weighted by molar-refractivity contribution is 5.57. The van der Waals surface area contributed by atoms with Crippen LogP contribution in [-0.2, 0) is 0 Å². The van der Waals surface area contributed by atoms with Crippen LogP contribution in [0.2, 0.25) is 0 Å². The Morgan fingerprint density at radius 3 is 2.24 bits per heavy atom. The van der Waals surface area contributed by atoms with Gasteiger partial charge >= 0.3 is 0 Å². The number of aliphatic hydroxyl groups is 1. The Hall–Kier alpha value is -1.36. The van der Waals surface area contributed by atoms with Gasteiger partial charge in [-0.15, -0.1) is 0 Å². The van der Waals surface area contributed by atoms with Crippen molar-refractivity contribution in [1.29, 1.82) is 0 Å². The van der Waals surface area contributed by atoms with Gasteiger partial charge < -0.3 is 15.7 Å². The van der Waals surface area contributed by atoms with Crippen molar-refractivity contribution in [3.8, 4) is 0 Å². The van der Waals surface area contributed by atoms with Crippen molar-refractivity contribution >= 4 is 11.6 Å². The van der Waals surface area contributed by atoms with E-state index in [0.717, 1.165) is 23.0 Å². The first-order valence-corrected chi connectivity index (χ1v) is 5.93. The van der Waals surface area contributed by atoms with E-state index < -0.39 is 0 Å². The Morgan fingerprint density at radius 1 is 1.18 bits per heavy atom. The number of nitrogens with one attached hydrogen (secondary N) is 2. The van der Waals surface area contributed by atoms with Gasteiger partial charge in [0.05, 0.1) is 6.61 Å². The molecule has 0 amide bonds. The van der Waals surface area contributed by atoms with Crippen molar-refractivity contribution in [2.24, 2.45) is 0 Å². The summed E-state index contributed by atoms with van der Waals surface area (Å²) in [6, 6.07) is -0.0201. The standard InChI is InChI=1S/C12H22N4O/c1-7(2)10-15-11(13-5)9(4)12(16-10)14-8(3)6-17/h7-8,17H,6H2,1-5H3,(H2,13,14,15,16). The van der Waals surface area contributed by atoms with Gasteiger partial charge in [0.25, 0.3) is 0 Å². The molecule has 0 aliphatic carbocycles. The highest BCUT2D eigenvalue weighted by atomic mass is 16.3. The Kier molecular flexibility index (Phi) is 4.69. The third-order valence-electron chi connectivity index (χ3n) is 2.57. The molecule has 1 rings (SSSR count). The smallest absolute Gasteiger partial charge is 0.135 e. The predicted molar refractivity (Wildman–Crippen MR) is 70.6 cm³/mol. The Morgan fingerprint density at radius 2 is 1.76 bits per heavy atom. The molecule has 17 heavy (non-hydrogen) atoms. The summed E-state index contributed by atoms with van der Waals surface area (Å²) < 4.78 is 0. The summed E-state index contributed by atoms with van der Waals surface area (Å²) in [5.74, 6) is 2.69. The molecule has 5 nitrogen and oxygen atoms in total. The van der Waals surface area contributed by atoms with Crippen molar-refractivity contribution in [2.75, 3.05) is 24.3 Å². The highest BCUT2D eigenvalue weighted by Gasteiger charge is 2.13. The minimum absolute atomic E-state index is 0.0201. The third kappa shape index (κ3) is 3.30. The lowest BCUT2D eigenvalue weighted by Gasteiger charge is -2.17. The zero-order chi connectivity index (χ0) is 13.0. The Labute approximate surface area is 103 Å². The number of aromatic nitrogens is 2. The molecule has 0 saturated carbocycles. The van der Waals surface area contributed by atoms with Crippen molar-refractivity contribution in [3.05, 3.63) is 11.4 Å². The van der Waals surface area contributed by atoms with E-state index >= 15 is 0 Å². The fourth-order valence-corrected chi connectivity index (χ4v) is 1.46. The lowest BCUT2D eigenvalue weighted by molar-refractivity contribution is 0.281. The first kappa shape index (κ1) is 13.7. The second-order valence-corrected chi connectivity index (χ2v) is 4.54. The molecular weight excluding hydrogens is 216 g/mol. The van der Waals surface area contributed by atoms with Crippen LogP contribution in [0.5, 0.6) is 0 Å². The topological polar surface area (TPSA) is 70.1 Å². The van der Waals surface area contributed by atoms with Crippen LogP contribution < -0.4 is 10.6 Å². The molecule has 0 radical (unpaired) electrons. The second-order valence-electron chi connectivity index (χ2n) is 4.54. The first-order valence-electron chi connectivity index (χ1n) is 5.93. The quantitative estimate of drug-likeness (QED) is 0.729. The van der Waals surface area contributed by atoms with Gasteiger partial charge in [0.2, 0.25) is 0 Å². The second kappa shape index (κ2) is 5.82. The van der Waals surface area contributed by atoms with Crippen LogP contribution in [-0.4, -0.2) is 34.8 Å². The minimum atomic E-state index is -0.0201. The molecule has 0 aliphatic heterocycles. The summed E-state index contributed by atoms with van der Waals surface area (Å²) in [6.45, 7) is 8.07. The number of hydrogen-bond acceptors (Lipinski definition) is 5. The van der Waals surface area contributed by atoms with Crippen molar-refractivity contribution in [2.45, 2.75) is 39.7 Å². The Bertz CT molecular complexity index is 379. The van der Waals surface area contributed by atoms with Crippen LogP contribution in [0.15, 0.2) is 0 Å². The molecule has 1 aromatic rings. The Balaban J connectivity index is 3.13. The van der Waals surface area contributed by atoms with Gasteiger partial charge in [0.1, 0.15) is 17.5 Å². The average molecular weight is 238 g/mol. The summed E-state index contributed by atoms with van der Waals surface area (Å²) in [6.07, 6.45) is 0. The maximum atomic E-state index is 9.07. The van der Waals surface area contributed by atoms with E-state index in [9.17, 15) is 0 Å². The van der Waals surface area contributed by atoms with E-state index in [0.29, 0.717) is 0 Å². The van der Waals surface area contributed by atoms with E-state index in [1.807, 2.05) is 20.9 Å². The first-order chi connectivity index (χ1) is 7.99. The molecule has 96 valence electrons. The molecule has 0 aliphatic rings. The van der Waals surface area contributed by atoms with Crippen molar-refractivity contribution in [3.63, 3.8) is 0 Å². The largest absolute Gasteiger partial charge is 0.394 e. The van der Waals surface area contributed by atoms with E-state index in [-0.39, 0.29) is 18.6 Å². The summed E-state index contributed by atoms with van der Waals surface area (Å²) in [5.41, 5.74) is 0.970. The zero-order valence-corrected chi connectivity index (χ0v) is 11.2. The molecule has 1 aromatic heterocycles. The number of anilines is 2. The monoisotopic (exact) mass is 238 g/mol. The SMILES string of the molecule is CNc1nc(C(C)C)nc(NC(C)CO)c1C. The maximum absolute atomic E-state index is 9.07. The zero-order valence-electron chi connectivity index (χ0n) is 11.2. The van der Waals surface area contributed by atoms with E-state index in [4.69, 9.17) is 5.11 Å². The number of aliphatic hydroxyl groups excluding tert-OH is 1. The highest BCUT2D eigenvalue weighted by Crippen LogP contribution is 2.23. The predicted octanol–water partition coefficient (Wildman–Crippen LogP) is 1.74. The number of nitrogens with zero attached hydrogens (tertiary/aromatic N) is 2. The van der Waals surface area contributed by atoms with Crippen molar-refractivity contribution < 1.29 is 5.11 Å². The molecule has 3 N–H and O–H groups in total. The minimum Gasteiger partial charge on any atom is -0.394 e. The molecule has 5 heteroatoms. The van der Waals surface area contributed by atoms with Crippen molar-refractivity contribution in [1.82, 2.24) is 9.97 Å². The van der Waals surface area contributed by atoms with E-state index in [2.05, 4.69) is 34.4 Å². The fourth-order valence-electron chi connectivity index (χ4n) is 1.46. The van der Waals surface area contributed by atoms with E-state index in [1.54, 1.807) is 0 Å². The third-order valence-corrected chi connectivity index (χ3v) is 2.57. The van der Waals surface area contributed by atoms with Gasteiger partial charge in [-0.3, -0.25) is 0 Å². The van der Waals surface area contributed by atoms with Gasteiger partial charge in [0, 0.05) is 24.6 Å². The molecule has 1 unspecified atom stereocenters. The molecule has 0 fully saturated rings. The number of hydrogen-bond donors (Lipinski definition) is 3. The van der Waals surface area contributed by atoms with Crippen LogP contribution in [0, 0.1) is 6.92 Å². The molecule has 1 heterocycles. The van der Waals surface area contributed by atoms with Gasteiger partial charge in [-0.1, -0.05) is 13.8 Å². The van der Waals surface area contributed by atoms with Crippen LogP contribution in [0.25, 0.3) is 0 Å². The van der Waals surface area contributed by atoms with Gasteiger partial charge in [-0.05, 0) is 13.8 Å². The van der Waals surface area contributed by atoms with Crippen LogP contribution in [0.4, 0.5) is 11.6 Å². The lowest BCUT2D eigenvalue weighted by Crippen LogP contribution is -2.22. The van der Waals surface area contributed by atoms with E-state index in [1.165, 1.54) is 0 Å². The molecular formula is C12H22N4O. The molecule has 0 bridgehead atoms. The van der Waals surface area contributed by atoms with Gasteiger partial charge in [-0.25, -0.2) is 9.97 Å². The summed E-state index contributed by atoms with van der Waals surface area (Å²) in [4.78, 5) is 8.95. The van der Waals surface area contributed by atoms with Gasteiger partial charge in [0.15, 0.2) is 0 Å². The average Bonchev–Trinajstić information content (AvgIpc) is 2.31. The normalized spacial score (nSPS) is 12.6. The van der Waals surface area contributed by atoms with Crippen LogP contribution in [0.1, 0.15) is 38.1 Å². The molecule has 0 saturated heterocycles. The maximum Gasteiger partial charge on any atom is 0.135 e. The lowest BCUT2D eigenvalue weighted by atomic mass is 10.2. The fraction of sp³-hybridized carbons (Fsp3) is 0.667. The molecule has 0 spiro atoms. The summed E-state index contributed by atoms with van der Waals surface area (Å²) >= 11 is 0. The summed E-state index contributed by atoms with van der Waals surface area (Å²) in [7, 11) is 1.85. The number of rotatable bonds is 5. The molecule has 0 aromatic carbocycles. The van der Waals surface area contributed by atoms with Crippen LogP contribution >= 0.6 is 0 Å². The van der Waals surface area contributed by atoms with Crippen LogP contribution in [0.3, 0.4) is 0 Å². The molecule has 1 atom stereocenters. The van der Waals surface area contributed by atoms with Gasteiger partial charge in [-0.2, -0.15) is 0 Å².